The van der Waals surface area contributed by atoms with E-state index >= 15 is 0 Å². The van der Waals surface area contributed by atoms with Gasteiger partial charge >= 0.3 is 6.03 Å². The Labute approximate surface area is 140 Å². The fourth-order valence-corrected chi connectivity index (χ4v) is 2.85. The number of amides is 3. The molecular formula is C15H19Cl2N3O2. The van der Waals surface area contributed by atoms with Crippen molar-refractivity contribution in [2.75, 3.05) is 13.6 Å². The van der Waals surface area contributed by atoms with E-state index < -0.39 is 6.04 Å². The zero-order valence-corrected chi connectivity index (χ0v) is 14.3. The van der Waals surface area contributed by atoms with Crippen molar-refractivity contribution in [3.05, 3.63) is 33.8 Å². The molecule has 1 unspecified atom stereocenters. The molecule has 1 N–H and O–H groups in total. The van der Waals surface area contributed by atoms with Crippen molar-refractivity contribution in [3.8, 4) is 0 Å². The summed E-state index contributed by atoms with van der Waals surface area (Å²) in [4.78, 5) is 27.5. The monoisotopic (exact) mass is 343 g/mol. The lowest BCUT2D eigenvalue weighted by molar-refractivity contribution is -0.124. The molecule has 3 amide bonds. The van der Waals surface area contributed by atoms with Crippen molar-refractivity contribution in [1.82, 2.24) is 15.1 Å². The van der Waals surface area contributed by atoms with Crippen LogP contribution in [0.25, 0.3) is 0 Å². The maximum atomic E-state index is 12.3. The third-order valence-electron chi connectivity index (χ3n) is 3.78. The van der Waals surface area contributed by atoms with Gasteiger partial charge in [0.1, 0.15) is 6.04 Å². The van der Waals surface area contributed by atoms with Crippen molar-refractivity contribution in [2.45, 2.75) is 32.5 Å². The summed E-state index contributed by atoms with van der Waals surface area (Å²) in [6.45, 7) is 4.56. The number of urea groups is 1. The molecule has 1 fully saturated rings. The highest BCUT2D eigenvalue weighted by Gasteiger charge is 2.39. The Morgan fingerprint density at radius 2 is 2.09 bits per heavy atom. The van der Waals surface area contributed by atoms with Crippen LogP contribution in [0.2, 0.25) is 10.0 Å². The number of carbonyl (C=O) groups is 2. The molecule has 0 radical (unpaired) electrons. The van der Waals surface area contributed by atoms with Gasteiger partial charge in [-0.3, -0.25) is 4.79 Å². The lowest BCUT2D eigenvalue weighted by atomic mass is 10.2. The Morgan fingerprint density at radius 1 is 1.41 bits per heavy atom. The third-order valence-corrected chi connectivity index (χ3v) is 4.37. The smallest absolute Gasteiger partial charge is 0.320 e. The Kier molecular flexibility index (Phi) is 5.19. The second kappa shape index (κ2) is 6.75. The first-order chi connectivity index (χ1) is 10.3. The maximum absolute atomic E-state index is 12.3. The molecule has 1 aliphatic heterocycles. The van der Waals surface area contributed by atoms with Crippen LogP contribution in [-0.2, 0) is 11.3 Å². The van der Waals surface area contributed by atoms with Crippen LogP contribution in [0.3, 0.4) is 0 Å². The molecule has 7 heteroatoms. The van der Waals surface area contributed by atoms with Crippen molar-refractivity contribution in [2.24, 2.45) is 0 Å². The summed E-state index contributed by atoms with van der Waals surface area (Å²) in [6.07, 6.45) is 0. The average Bonchev–Trinajstić information content (AvgIpc) is 2.74. The number of likely N-dealkylation sites (N-methyl/N-ethyl adjacent to an activating group) is 1. The topological polar surface area (TPSA) is 52.7 Å². The van der Waals surface area contributed by atoms with Crippen LogP contribution < -0.4 is 5.32 Å². The average molecular weight is 344 g/mol. The van der Waals surface area contributed by atoms with Crippen LogP contribution in [0, 0.1) is 0 Å². The number of halogens is 2. The van der Waals surface area contributed by atoms with Gasteiger partial charge in [-0.15, -0.1) is 0 Å². The second-order valence-corrected chi connectivity index (χ2v) is 6.45. The van der Waals surface area contributed by atoms with E-state index in [9.17, 15) is 9.59 Å². The molecule has 0 aromatic heterocycles. The van der Waals surface area contributed by atoms with Gasteiger partial charge in [0.15, 0.2) is 0 Å². The van der Waals surface area contributed by atoms with Crippen molar-refractivity contribution in [1.29, 1.82) is 0 Å². The Balaban J connectivity index is 1.99. The highest BCUT2D eigenvalue weighted by atomic mass is 35.5. The van der Waals surface area contributed by atoms with Gasteiger partial charge in [0.25, 0.3) is 0 Å². The molecule has 22 heavy (non-hydrogen) atoms. The standard InChI is InChI=1S/C15H19Cl2N3O2/c1-9(2)20-8-13(19(3)15(20)22)14(21)18-7-10-4-5-11(16)6-12(10)17/h4-6,9,13H,7-8H2,1-3H3,(H,18,21). The lowest BCUT2D eigenvalue weighted by Crippen LogP contribution is -2.43. The van der Waals surface area contributed by atoms with Gasteiger partial charge in [-0.05, 0) is 31.5 Å². The summed E-state index contributed by atoms with van der Waals surface area (Å²) in [5.41, 5.74) is 0.784. The van der Waals surface area contributed by atoms with Crippen LogP contribution in [0.1, 0.15) is 19.4 Å². The number of benzene rings is 1. The second-order valence-electron chi connectivity index (χ2n) is 5.61. The quantitative estimate of drug-likeness (QED) is 0.913. The predicted octanol–water partition coefficient (Wildman–Crippen LogP) is 2.75. The molecule has 1 aromatic carbocycles. The number of nitrogens with one attached hydrogen (secondary N) is 1. The molecule has 0 saturated carbocycles. The van der Waals surface area contributed by atoms with E-state index in [1.807, 2.05) is 13.8 Å². The van der Waals surface area contributed by atoms with Gasteiger partial charge in [0, 0.05) is 29.7 Å². The summed E-state index contributed by atoms with van der Waals surface area (Å²) >= 11 is 11.9. The Hall–Kier alpha value is -1.46. The van der Waals surface area contributed by atoms with Gasteiger partial charge in [0.05, 0.1) is 6.54 Å². The van der Waals surface area contributed by atoms with E-state index in [4.69, 9.17) is 23.2 Å². The number of hydrogen-bond acceptors (Lipinski definition) is 2. The summed E-state index contributed by atoms with van der Waals surface area (Å²) in [5, 5.41) is 3.88. The van der Waals surface area contributed by atoms with E-state index in [1.165, 1.54) is 4.90 Å². The highest BCUT2D eigenvalue weighted by Crippen LogP contribution is 2.21. The van der Waals surface area contributed by atoms with Crippen LogP contribution in [0.5, 0.6) is 0 Å². The Bertz CT molecular complexity index is 592. The zero-order chi connectivity index (χ0) is 16.4. The molecule has 120 valence electrons. The first kappa shape index (κ1) is 16.9. The predicted molar refractivity (Wildman–Crippen MR) is 87.1 cm³/mol. The first-order valence-corrected chi connectivity index (χ1v) is 7.82. The molecule has 5 nitrogen and oxygen atoms in total. The summed E-state index contributed by atoms with van der Waals surface area (Å²) < 4.78 is 0. The number of rotatable bonds is 4. The minimum Gasteiger partial charge on any atom is -0.350 e. The van der Waals surface area contributed by atoms with Gasteiger partial charge in [-0.1, -0.05) is 29.3 Å². The van der Waals surface area contributed by atoms with E-state index in [0.29, 0.717) is 23.1 Å². The first-order valence-electron chi connectivity index (χ1n) is 7.06. The fraction of sp³-hybridized carbons (Fsp3) is 0.467. The normalized spacial score (nSPS) is 18.3. The molecule has 0 aliphatic carbocycles. The molecule has 1 aromatic rings. The van der Waals surface area contributed by atoms with Crippen LogP contribution in [-0.4, -0.2) is 47.4 Å². The van der Waals surface area contributed by atoms with E-state index in [2.05, 4.69) is 5.32 Å². The third kappa shape index (κ3) is 3.47. The lowest BCUT2D eigenvalue weighted by Gasteiger charge is -2.19. The van der Waals surface area contributed by atoms with Gasteiger partial charge in [-0.25, -0.2) is 4.79 Å². The molecule has 1 saturated heterocycles. The number of nitrogens with zero attached hydrogens (tertiary/aromatic N) is 2. The maximum Gasteiger partial charge on any atom is 0.320 e. The molecular weight excluding hydrogens is 325 g/mol. The molecule has 1 aliphatic rings. The molecule has 1 atom stereocenters. The van der Waals surface area contributed by atoms with E-state index in [0.717, 1.165) is 5.56 Å². The number of hydrogen-bond donors (Lipinski definition) is 1. The molecule has 0 bridgehead atoms. The van der Waals surface area contributed by atoms with E-state index in [1.54, 1.807) is 30.1 Å². The summed E-state index contributed by atoms with van der Waals surface area (Å²) in [7, 11) is 1.64. The minimum absolute atomic E-state index is 0.0680. The number of carbonyl (C=O) groups excluding carboxylic acids is 2. The summed E-state index contributed by atoms with van der Waals surface area (Å²) in [5.74, 6) is -0.190. The van der Waals surface area contributed by atoms with Crippen molar-refractivity contribution >= 4 is 35.1 Å². The van der Waals surface area contributed by atoms with Crippen LogP contribution in [0.15, 0.2) is 18.2 Å². The van der Waals surface area contributed by atoms with E-state index in [-0.39, 0.29) is 18.0 Å². The van der Waals surface area contributed by atoms with Crippen molar-refractivity contribution < 1.29 is 9.59 Å². The highest BCUT2D eigenvalue weighted by molar-refractivity contribution is 6.35. The zero-order valence-electron chi connectivity index (χ0n) is 12.8. The van der Waals surface area contributed by atoms with Gasteiger partial charge < -0.3 is 15.1 Å². The molecule has 1 heterocycles. The van der Waals surface area contributed by atoms with Crippen LogP contribution in [0.4, 0.5) is 4.79 Å². The van der Waals surface area contributed by atoms with Gasteiger partial charge in [0.2, 0.25) is 5.91 Å². The van der Waals surface area contributed by atoms with Crippen LogP contribution >= 0.6 is 23.2 Å². The van der Waals surface area contributed by atoms with Gasteiger partial charge in [-0.2, -0.15) is 0 Å². The van der Waals surface area contributed by atoms with Crippen molar-refractivity contribution in [3.63, 3.8) is 0 Å². The summed E-state index contributed by atoms with van der Waals surface area (Å²) in [6, 6.07) is 4.59. The largest absolute Gasteiger partial charge is 0.350 e. The molecule has 0 spiro atoms. The SMILES string of the molecule is CC(C)N1CC(C(=O)NCc2ccc(Cl)cc2Cl)N(C)C1=O. The fourth-order valence-electron chi connectivity index (χ4n) is 2.38. The molecule has 2 rings (SSSR count). The Morgan fingerprint density at radius 3 is 2.64 bits per heavy atom. The minimum atomic E-state index is -0.485.